The van der Waals surface area contributed by atoms with Crippen molar-refractivity contribution in [2.75, 3.05) is 0 Å². The van der Waals surface area contributed by atoms with Crippen LogP contribution < -0.4 is 0 Å². The van der Waals surface area contributed by atoms with Crippen molar-refractivity contribution in [1.29, 1.82) is 0 Å². The van der Waals surface area contributed by atoms with Crippen molar-refractivity contribution in [3.63, 3.8) is 0 Å². The third-order valence-electron chi connectivity index (χ3n) is 5.75. The lowest BCUT2D eigenvalue weighted by Crippen LogP contribution is -1.93. The first-order valence-corrected chi connectivity index (χ1v) is 10.4. The highest BCUT2D eigenvalue weighted by atomic mass is 32.1. The summed E-state index contributed by atoms with van der Waals surface area (Å²) in [7, 11) is 0. The fourth-order valence-electron chi connectivity index (χ4n) is 4.50. The minimum Gasteiger partial charge on any atom is -0.443 e. The number of fused-ring (bicyclic) bond motifs is 8. The maximum atomic E-state index is 5.44. The molecule has 0 aliphatic heterocycles. The minimum atomic E-state index is 0.807. The Morgan fingerprint density at radius 2 is 1.62 bits per heavy atom. The monoisotopic (exact) mass is 390 g/mol. The summed E-state index contributed by atoms with van der Waals surface area (Å²) in [6.45, 7) is 0. The van der Waals surface area contributed by atoms with Gasteiger partial charge in [-0.1, -0.05) is 42.5 Å². The van der Waals surface area contributed by atoms with Gasteiger partial charge in [0.1, 0.15) is 5.52 Å². The molecule has 0 unspecified atom stereocenters. The molecule has 4 aromatic carbocycles. The van der Waals surface area contributed by atoms with Gasteiger partial charge in [-0.2, -0.15) is 0 Å². The predicted molar refractivity (Wildman–Crippen MR) is 121 cm³/mol. The number of nitrogens with zero attached hydrogens (tertiary/aromatic N) is 2. The minimum absolute atomic E-state index is 0.807. The summed E-state index contributed by atoms with van der Waals surface area (Å²) in [5, 5.41) is 5.25. The molecule has 0 amide bonds. The second kappa shape index (κ2) is 5.46. The Morgan fingerprint density at radius 1 is 0.759 bits per heavy atom. The molecule has 0 saturated heterocycles. The van der Waals surface area contributed by atoms with Gasteiger partial charge in [-0.15, -0.1) is 11.3 Å². The van der Waals surface area contributed by atoms with Crippen LogP contribution in [0.3, 0.4) is 0 Å². The second-order valence-corrected chi connectivity index (χ2v) is 8.34. The molecule has 0 bridgehead atoms. The first kappa shape index (κ1) is 15.3. The first-order valence-electron chi connectivity index (χ1n) is 9.55. The SMILES string of the molecule is c1ccc2c(c1)sc1c2ccc2c1c1ccccc1n2-c1ccc2ocnc2c1. The molecule has 0 fully saturated rings. The van der Waals surface area contributed by atoms with Crippen LogP contribution in [0.1, 0.15) is 0 Å². The summed E-state index contributed by atoms with van der Waals surface area (Å²) in [5.41, 5.74) is 5.19. The van der Waals surface area contributed by atoms with Gasteiger partial charge in [0.15, 0.2) is 12.0 Å². The van der Waals surface area contributed by atoms with E-state index in [0.717, 1.165) is 16.8 Å². The standard InChI is InChI=1S/C25H14N2OS/c1-3-7-20-18(6-1)24-21(27(20)15-9-12-22-19(13-15)26-14-28-22)11-10-17-16-5-2-4-8-23(16)29-25(17)24/h1-14H. The number of hydrogen-bond donors (Lipinski definition) is 0. The fourth-order valence-corrected chi connectivity index (χ4v) is 5.76. The van der Waals surface area contributed by atoms with Crippen molar-refractivity contribution in [3.05, 3.63) is 85.3 Å². The number of hydrogen-bond acceptors (Lipinski definition) is 3. The zero-order valence-electron chi connectivity index (χ0n) is 15.3. The van der Waals surface area contributed by atoms with Crippen LogP contribution in [-0.4, -0.2) is 9.55 Å². The molecule has 0 spiro atoms. The molecule has 0 atom stereocenters. The van der Waals surface area contributed by atoms with Gasteiger partial charge in [-0.05, 0) is 36.4 Å². The van der Waals surface area contributed by atoms with Crippen LogP contribution in [0, 0.1) is 0 Å². The molecular formula is C25H14N2OS. The van der Waals surface area contributed by atoms with Crippen LogP contribution in [0.2, 0.25) is 0 Å². The van der Waals surface area contributed by atoms with Gasteiger partial charge < -0.3 is 8.98 Å². The first-order chi connectivity index (χ1) is 14.4. The molecule has 3 nitrogen and oxygen atoms in total. The molecule has 29 heavy (non-hydrogen) atoms. The Labute approximate surface area is 169 Å². The van der Waals surface area contributed by atoms with E-state index in [9.17, 15) is 0 Å². The Morgan fingerprint density at radius 3 is 2.59 bits per heavy atom. The van der Waals surface area contributed by atoms with E-state index in [1.54, 1.807) is 0 Å². The van der Waals surface area contributed by atoms with Gasteiger partial charge in [0.2, 0.25) is 0 Å². The van der Waals surface area contributed by atoms with Crippen molar-refractivity contribution >= 4 is 64.4 Å². The number of oxazole rings is 1. The van der Waals surface area contributed by atoms with Crippen LogP contribution in [-0.2, 0) is 0 Å². The molecule has 0 N–H and O–H groups in total. The number of thiophene rings is 1. The van der Waals surface area contributed by atoms with Crippen LogP contribution in [0.5, 0.6) is 0 Å². The maximum absolute atomic E-state index is 5.44. The van der Waals surface area contributed by atoms with E-state index >= 15 is 0 Å². The fraction of sp³-hybridized carbons (Fsp3) is 0. The third kappa shape index (κ3) is 1.99. The summed E-state index contributed by atoms with van der Waals surface area (Å²) in [5.74, 6) is 0. The quantitative estimate of drug-likeness (QED) is 0.295. The van der Waals surface area contributed by atoms with E-state index in [1.165, 1.54) is 48.4 Å². The van der Waals surface area contributed by atoms with Crippen molar-refractivity contribution in [1.82, 2.24) is 9.55 Å². The smallest absolute Gasteiger partial charge is 0.181 e. The average molecular weight is 390 g/mol. The van der Waals surface area contributed by atoms with E-state index in [-0.39, 0.29) is 0 Å². The second-order valence-electron chi connectivity index (χ2n) is 7.29. The Hall–Kier alpha value is -3.63. The number of aromatic nitrogens is 2. The predicted octanol–water partition coefficient (Wildman–Crippen LogP) is 7.29. The number of rotatable bonds is 1. The molecule has 7 aromatic rings. The summed E-state index contributed by atoms with van der Waals surface area (Å²) < 4.78 is 10.5. The van der Waals surface area contributed by atoms with Gasteiger partial charge in [-0.25, -0.2) is 4.98 Å². The summed E-state index contributed by atoms with van der Waals surface area (Å²) in [4.78, 5) is 4.35. The van der Waals surface area contributed by atoms with Crippen LogP contribution in [0.4, 0.5) is 0 Å². The highest BCUT2D eigenvalue weighted by molar-refractivity contribution is 7.26. The van der Waals surface area contributed by atoms with Gasteiger partial charge in [0.05, 0.1) is 11.0 Å². The molecule has 0 saturated carbocycles. The number of benzene rings is 4. The molecule has 0 aliphatic rings. The Balaban J connectivity index is 1.69. The summed E-state index contributed by atoms with van der Waals surface area (Å²) >= 11 is 1.88. The highest BCUT2D eigenvalue weighted by Gasteiger charge is 2.17. The largest absolute Gasteiger partial charge is 0.443 e. The van der Waals surface area contributed by atoms with Crippen molar-refractivity contribution in [3.8, 4) is 5.69 Å². The lowest BCUT2D eigenvalue weighted by molar-refractivity contribution is 0.602. The van der Waals surface area contributed by atoms with Crippen LogP contribution >= 0.6 is 11.3 Å². The maximum Gasteiger partial charge on any atom is 0.181 e. The van der Waals surface area contributed by atoms with E-state index in [1.807, 2.05) is 17.4 Å². The van der Waals surface area contributed by atoms with Gasteiger partial charge in [-0.3, -0.25) is 0 Å². The van der Waals surface area contributed by atoms with E-state index < -0.39 is 0 Å². The molecule has 136 valence electrons. The molecule has 7 rings (SSSR count). The summed E-state index contributed by atoms with van der Waals surface area (Å²) in [6, 6.07) is 28.0. The molecule has 0 radical (unpaired) electrons. The zero-order chi connectivity index (χ0) is 18.9. The highest BCUT2D eigenvalue weighted by Crippen LogP contribution is 2.43. The topological polar surface area (TPSA) is 31.0 Å². The van der Waals surface area contributed by atoms with Gasteiger partial charge in [0, 0.05) is 36.6 Å². The molecule has 3 heterocycles. The van der Waals surface area contributed by atoms with E-state index in [2.05, 4.69) is 82.3 Å². The van der Waals surface area contributed by atoms with Crippen LogP contribution in [0.15, 0.2) is 89.7 Å². The number of para-hydroxylation sites is 1. The third-order valence-corrected chi connectivity index (χ3v) is 6.96. The van der Waals surface area contributed by atoms with Crippen molar-refractivity contribution < 1.29 is 4.42 Å². The zero-order valence-corrected chi connectivity index (χ0v) is 16.1. The van der Waals surface area contributed by atoms with Gasteiger partial charge in [0.25, 0.3) is 0 Å². The molecule has 4 heteroatoms. The van der Waals surface area contributed by atoms with Crippen molar-refractivity contribution in [2.45, 2.75) is 0 Å². The summed E-state index contributed by atoms with van der Waals surface area (Å²) in [6.07, 6.45) is 1.50. The van der Waals surface area contributed by atoms with Gasteiger partial charge >= 0.3 is 0 Å². The lowest BCUT2D eigenvalue weighted by Gasteiger charge is -2.07. The lowest BCUT2D eigenvalue weighted by atomic mass is 10.1. The Kier molecular flexibility index (Phi) is 2.88. The average Bonchev–Trinajstić information content (AvgIpc) is 3.46. The normalized spacial score (nSPS) is 12.1. The molecule has 3 aromatic heterocycles. The van der Waals surface area contributed by atoms with Crippen LogP contribution in [0.25, 0.3) is 58.8 Å². The van der Waals surface area contributed by atoms with E-state index in [0.29, 0.717) is 0 Å². The molecule has 0 aliphatic carbocycles. The molecular weight excluding hydrogens is 376 g/mol. The van der Waals surface area contributed by atoms with E-state index in [4.69, 9.17) is 4.42 Å². The Bertz CT molecular complexity index is 1720. The van der Waals surface area contributed by atoms with Crippen molar-refractivity contribution in [2.24, 2.45) is 0 Å².